The minimum Gasteiger partial charge on any atom is -0.321 e. The molecule has 9 heteroatoms. The van der Waals surface area contributed by atoms with Gasteiger partial charge in [0.15, 0.2) is 0 Å². The third-order valence-electron chi connectivity index (χ3n) is 3.53. The number of benzene rings is 2. The Balaban J connectivity index is 1.68. The molecule has 0 aliphatic heterocycles. The van der Waals surface area contributed by atoms with Crippen molar-refractivity contribution in [3.05, 3.63) is 74.5 Å². The smallest absolute Gasteiger partial charge is 0.321 e. The number of pyridine rings is 1. The Hall–Kier alpha value is -3.16. The topological polar surface area (TPSA) is 103 Å². The quantitative estimate of drug-likeness (QED) is 0.356. The highest BCUT2D eigenvalue weighted by atomic mass is 35.5. The molecule has 7 nitrogen and oxygen atoms in total. The average Bonchev–Trinajstić information content (AvgIpc) is 2.65. The lowest BCUT2D eigenvalue weighted by Crippen LogP contribution is -2.32. The van der Waals surface area contributed by atoms with Crippen LogP contribution < -0.4 is 16.3 Å². The second-order valence-electron chi connectivity index (χ2n) is 5.42. The van der Waals surface area contributed by atoms with Crippen molar-refractivity contribution in [1.82, 2.24) is 10.4 Å². The van der Waals surface area contributed by atoms with Crippen LogP contribution in [0.2, 0.25) is 10.0 Å². The number of anilines is 1. The number of carbonyl (C=O) groups is 2. The average molecular weight is 403 g/mol. The molecule has 2 aromatic carbocycles. The Morgan fingerprint density at radius 2 is 1.81 bits per heavy atom. The van der Waals surface area contributed by atoms with Gasteiger partial charge < -0.3 is 10.3 Å². The molecule has 1 heterocycles. The molecule has 3 rings (SSSR count). The maximum Gasteiger partial charge on any atom is 0.329 e. The van der Waals surface area contributed by atoms with Crippen LogP contribution in [0.25, 0.3) is 10.9 Å². The van der Waals surface area contributed by atoms with Crippen LogP contribution in [-0.2, 0) is 9.59 Å². The summed E-state index contributed by atoms with van der Waals surface area (Å²) in [6.45, 7) is 0. The molecule has 0 unspecified atom stereocenters. The van der Waals surface area contributed by atoms with E-state index in [9.17, 15) is 14.4 Å². The first-order valence-electron chi connectivity index (χ1n) is 7.65. The van der Waals surface area contributed by atoms with Crippen molar-refractivity contribution in [2.45, 2.75) is 0 Å². The highest BCUT2D eigenvalue weighted by molar-refractivity contribution is 6.42. The number of H-pyrrole nitrogens is 1. The van der Waals surface area contributed by atoms with Gasteiger partial charge in [0.1, 0.15) is 0 Å². The molecule has 136 valence electrons. The molecule has 27 heavy (non-hydrogen) atoms. The lowest BCUT2D eigenvalue weighted by Gasteiger charge is -2.06. The number of hydrazone groups is 1. The number of para-hydroxylation sites is 1. The molecule has 0 atom stereocenters. The van der Waals surface area contributed by atoms with Gasteiger partial charge in [-0.3, -0.25) is 14.4 Å². The van der Waals surface area contributed by atoms with Crippen LogP contribution in [0.4, 0.5) is 5.69 Å². The zero-order chi connectivity index (χ0) is 19.4. The van der Waals surface area contributed by atoms with Crippen LogP contribution in [0.15, 0.2) is 58.4 Å². The van der Waals surface area contributed by atoms with E-state index in [2.05, 4.69) is 20.8 Å². The van der Waals surface area contributed by atoms with Gasteiger partial charge in [-0.2, -0.15) is 5.10 Å². The maximum absolute atomic E-state index is 12.0. The van der Waals surface area contributed by atoms with E-state index < -0.39 is 11.8 Å². The van der Waals surface area contributed by atoms with Gasteiger partial charge in [-0.15, -0.1) is 0 Å². The van der Waals surface area contributed by atoms with Gasteiger partial charge in [0, 0.05) is 10.5 Å². The SMILES string of the molecule is O=C(N/N=C\c1cc2ccccc2[nH]c1=O)C(=O)Nc1cc(Cl)ccc1Cl. The fraction of sp³-hybridized carbons (Fsp3) is 0. The first kappa shape index (κ1) is 18.6. The summed E-state index contributed by atoms with van der Waals surface area (Å²) in [6, 6.07) is 13.3. The Kier molecular flexibility index (Phi) is 5.54. The number of nitrogens with one attached hydrogen (secondary N) is 3. The van der Waals surface area contributed by atoms with Crippen LogP contribution in [0, 0.1) is 0 Å². The minimum absolute atomic E-state index is 0.194. The van der Waals surface area contributed by atoms with E-state index in [1.165, 1.54) is 12.1 Å². The number of nitrogens with zero attached hydrogens (tertiary/aromatic N) is 1. The van der Waals surface area contributed by atoms with E-state index in [-0.39, 0.29) is 21.8 Å². The van der Waals surface area contributed by atoms with Crippen molar-refractivity contribution in [3.8, 4) is 0 Å². The van der Waals surface area contributed by atoms with Crippen molar-refractivity contribution in [1.29, 1.82) is 0 Å². The highest BCUT2D eigenvalue weighted by Crippen LogP contribution is 2.25. The van der Waals surface area contributed by atoms with Gasteiger partial charge in [-0.25, -0.2) is 5.43 Å². The number of carbonyl (C=O) groups excluding carboxylic acids is 2. The predicted molar refractivity (Wildman–Crippen MR) is 105 cm³/mol. The molecule has 3 aromatic rings. The van der Waals surface area contributed by atoms with E-state index >= 15 is 0 Å². The third kappa shape index (κ3) is 4.52. The Bertz CT molecular complexity index is 1130. The standard InChI is InChI=1S/C18H12Cl2N4O3/c19-12-5-6-13(20)15(8-12)23-17(26)18(27)24-21-9-11-7-10-3-1-2-4-14(10)22-16(11)25/h1-9H,(H,22,25)(H,23,26)(H,24,27)/b21-9-. The number of halogens is 2. The van der Waals surface area contributed by atoms with E-state index in [1.54, 1.807) is 24.3 Å². The highest BCUT2D eigenvalue weighted by Gasteiger charge is 2.14. The second-order valence-corrected chi connectivity index (χ2v) is 6.26. The fourth-order valence-corrected chi connectivity index (χ4v) is 2.58. The molecular formula is C18H12Cl2N4O3. The van der Waals surface area contributed by atoms with Crippen LogP contribution in [0.1, 0.15) is 5.56 Å². The van der Waals surface area contributed by atoms with Gasteiger partial charge in [0.05, 0.1) is 22.5 Å². The second kappa shape index (κ2) is 8.03. The molecule has 0 radical (unpaired) electrons. The van der Waals surface area contributed by atoms with Crippen LogP contribution >= 0.6 is 23.2 Å². The van der Waals surface area contributed by atoms with Crippen molar-refractivity contribution in [3.63, 3.8) is 0 Å². The monoisotopic (exact) mass is 402 g/mol. The Morgan fingerprint density at radius 3 is 2.63 bits per heavy atom. The Morgan fingerprint density at radius 1 is 1.04 bits per heavy atom. The molecule has 3 N–H and O–H groups in total. The van der Waals surface area contributed by atoms with Crippen molar-refractivity contribution in [2.75, 3.05) is 5.32 Å². The maximum atomic E-state index is 12.0. The van der Waals surface area contributed by atoms with Gasteiger partial charge in [0.2, 0.25) is 0 Å². The summed E-state index contributed by atoms with van der Waals surface area (Å²) in [5.74, 6) is -2.01. The summed E-state index contributed by atoms with van der Waals surface area (Å²) in [6.07, 6.45) is 1.16. The predicted octanol–water partition coefficient (Wildman–Crippen LogP) is 2.92. The first-order valence-corrected chi connectivity index (χ1v) is 8.41. The minimum atomic E-state index is -1.03. The molecule has 2 amide bonds. The van der Waals surface area contributed by atoms with Gasteiger partial charge >= 0.3 is 11.8 Å². The Labute approximate surface area is 163 Å². The lowest BCUT2D eigenvalue weighted by atomic mass is 10.2. The summed E-state index contributed by atoms with van der Waals surface area (Å²) in [5, 5.41) is 7.36. The largest absolute Gasteiger partial charge is 0.329 e. The summed E-state index contributed by atoms with van der Waals surface area (Å²) < 4.78 is 0. The number of aromatic nitrogens is 1. The molecule has 0 aliphatic carbocycles. The van der Waals surface area contributed by atoms with Crippen molar-refractivity contribution >= 4 is 57.8 Å². The van der Waals surface area contributed by atoms with E-state index in [4.69, 9.17) is 23.2 Å². The molecule has 1 aromatic heterocycles. The van der Waals surface area contributed by atoms with Crippen LogP contribution in [0.3, 0.4) is 0 Å². The fourth-order valence-electron chi connectivity index (χ4n) is 2.24. The molecule has 0 spiro atoms. The summed E-state index contributed by atoms with van der Waals surface area (Å²) in [5.41, 5.74) is 2.78. The molecule has 0 aliphatic rings. The summed E-state index contributed by atoms with van der Waals surface area (Å²) >= 11 is 11.7. The number of fused-ring (bicyclic) bond motifs is 1. The van der Waals surface area contributed by atoms with E-state index in [1.807, 2.05) is 12.1 Å². The normalized spacial score (nSPS) is 10.9. The number of aromatic amines is 1. The molecule has 0 saturated heterocycles. The lowest BCUT2D eigenvalue weighted by molar-refractivity contribution is -0.136. The molecule has 0 saturated carbocycles. The van der Waals surface area contributed by atoms with E-state index in [0.29, 0.717) is 10.5 Å². The zero-order valence-corrected chi connectivity index (χ0v) is 15.1. The van der Waals surface area contributed by atoms with Crippen LogP contribution in [0.5, 0.6) is 0 Å². The van der Waals surface area contributed by atoms with Gasteiger partial charge in [-0.1, -0.05) is 41.4 Å². The zero-order valence-electron chi connectivity index (χ0n) is 13.6. The van der Waals surface area contributed by atoms with Gasteiger partial charge in [-0.05, 0) is 35.7 Å². The van der Waals surface area contributed by atoms with Crippen molar-refractivity contribution in [2.24, 2.45) is 5.10 Å². The summed E-state index contributed by atoms with van der Waals surface area (Å²) in [7, 11) is 0. The number of hydrogen-bond donors (Lipinski definition) is 3. The molecule has 0 fully saturated rings. The van der Waals surface area contributed by atoms with E-state index in [0.717, 1.165) is 11.6 Å². The molecular weight excluding hydrogens is 391 g/mol. The molecule has 0 bridgehead atoms. The number of rotatable bonds is 3. The number of hydrogen-bond acceptors (Lipinski definition) is 4. The third-order valence-corrected chi connectivity index (χ3v) is 4.10. The van der Waals surface area contributed by atoms with Crippen molar-refractivity contribution < 1.29 is 9.59 Å². The first-order chi connectivity index (χ1) is 12.9. The van der Waals surface area contributed by atoms with Gasteiger partial charge in [0.25, 0.3) is 5.56 Å². The summed E-state index contributed by atoms with van der Waals surface area (Å²) in [4.78, 5) is 38.4. The number of amides is 2. The van der Waals surface area contributed by atoms with Crippen LogP contribution in [-0.4, -0.2) is 23.0 Å².